The molecule has 0 atom stereocenters. The quantitative estimate of drug-likeness (QED) is 0.230. The monoisotopic (exact) mass is 896 g/mol. The molecule has 2 amide bonds. The van der Waals surface area contributed by atoms with E-state index >= 15 is 0 Å². The van der Waals surface area contributed by atoms with Crippen molar-refractivity contribution < 1.29 is 64.3 Å². The Labute approximate surface area is 362 Å². The van der Waals surface area contributed by atoms with Gasteiger partial charge in [-0.25, -0.2) is 16.8 Å². The average molecular weight is 897 g/mol. The summed E-state index contributed by atoms with van der Waals surface area (Å²) in [4.78, 5) is 25.6. The highest BCUT2D eigenvalue weighted by molar-refractivity contribution is 7.89. The zero-order chi connectivity index (χ0) is 44.0. The van der Waals surface area contributed by atoms with Gasteiger partial charge in [0.2, 0.25) is 20.0 Å². The molecule has 0 saturated heterocycles. The van der Waals surface area contributed by atoms with E-state index in [1.807, 2.05) is 82.2 Å². The average Bonchev–Trinajstić information content (AvgIpc) is 3.20. The molecule has 16 nitrogen and oxygen atoms in total. The third kappa shape index (κ3) is 14.1. The van der Waals surface area contributed by atoms with Crippen LogP contribution in [0.15, 0.2) is 72.8 Å². The Hall–Kier alpha value is -5.24. The standard InChI is InChI=1S/C44H52N2O14S2/c1-61(49,50)45-39(47)29-59-43-35-11-5-12-36(43)26-32-8-4-10-34-28-38-14-6-13-37(44(38)60-30-40(48)46-62(2,51)52)27-33-9-3-7-31(25-35)41(33)57-23-21-55-19-17-53-15-16-54-18-20-56-22-24-58-42(32)34/h3-14H,15-30H2,1-2H3,(H,45,47)(H,46,48). The lowest BCUT2D eigenvalue weighted by Gasteiger charge is -2.22. The SMILES string of the molecule is CS(=O)(=O)NC(=O)COc1c2cccc1Cc1cccc3c1OCCOCCOCCOCCOCCOc1c(cccc1Cc1cccc(c1OCC(=O)NS(C)(=O)=O)C3)C2. The summed E-state index contributed by atoms with van der Waals surface area (Å²) in [6.07, 6.45) is 2.94. The maximum absolute atomic E-state index is 12.8. The fraction of sp³-hybridized carbons (Fsp3) is 0.409. The first-order chi connectivity index (χ1) is 29.8. The van der Waals surface area contributed by atoms with E-state index in [0.29, 0.717) is 84.9 Å². The number of sulfonamides is 2. The maximum Gasteiger partial charge on any atom is 0.271 e. The van der Waals surface area contributed by atoms with E-state index in [4.69, 9.17) is 37.9 Å². The molecule has 4 aromatic carbocycles. The number of nitrogens with one attached hydrogen (secondary N) is 2. The number of amides is 2. The van der Waals surface area contributed by atoms with Crippen LogP contribution in [-0.4, -0.2) is 120 Å². The molecule has 0 unspecified atom stereocenters. The van der Waals surface area contributed by atoms with Gasteiger partial charge in [-0.1, -0.05) is 72.8 Å². The van der Waals surface area contributed by atoms with E-state index in [1.54, 1.807) is 0 Å². The van der Waals surface area contributed by atoms with E-state index in [0.717, 1.165) is 34.8 Å². The summed E-state index contributed by atoms with van der Waals surface area (Å²) >= 11 is 0. The Bertz CT molecular complexity index is 2150. The molecule has 0 radical (unpaired) electrons. The Morgan fingerprint density at radius 3 is 0.984 bits per heavy atom. The van der Waals surface area contributed by atoms with Crippen LogP contribution in [0.2, 0.25) is 0 Å². The number of carbonyl (C=O) groups is 2. The zero-order valence-electron chi connectivity index (χ0n) is 34.8. The van der Waals surface area contributed by atoms with Crippen LogP contribution in [0.25, 0.3) is 0 Å². The summed E-state index contributed by atoms with van der Waals surface area (Å²) in [6, 6.07) is 22.9. The fourth-order valence-electron chi connectivity index (χ4n) is 7.14. The minimum Gasteiger partial charge on any atom is -0.491 e. The number of hydrogen-bond acceptors (Lipinski definition) is 14. The normalized spacial score (nSPS) is 15.8. The molecular formula is C44H52N2O14S2. The van der Waals surface area contributed by atoms with Crippen LogP contribution in [0, 0.1) is 0 Å². The summed E-state index contributed by atoms with van der Waals surface area (Å²) in [5.74, 6) is 0.297. The number of benzene rings is 4. The van der Waals surface area contributed by atoms with Crippen LogP contribution in [0.5, 0.6) is 23.0 Å². The zero-order valence-corrected chi connectivity index (χ0v) is 36.4. The first kappa shape index (κ1) is 46.3. The molecule has 0 fully saturated rings. The van der Waals surface area contributed by atoms with Crippen LogP contribution >= 0.6 is 0 Å². The van der Waals surface area contributed by atoms with Gasteiger partial charge in [-0.15, -0.1) is 0 Å². The smallest absolute Gasteiger partial charge is 0.271 e. The number of para-hydroxylation sites is 4. The van der Waals surface area contributed by atoms with Gasteiger partial charge in [0.05, 0.1) is 65.4 Å². The summed E-state index contributed by atoms with van der Waals surface area (Å²) in [5, 5.41) is 0. The highest BCUT2D eigenvalue weighted by Gasteiger charge is 2.23. The van der Waals surface area contributed by atoms with Crippen LogP contribution in [0.4, 0.5) is 0 Å². The lowest BCUT2D eigenvalue weighted by molar-refractivity contribution is -0.122. The lowest BCUT2D eigenvalue weighted by Crippen LogP contribution is -2.33. The van der Waals surface area contributed by atoms with Crippen LogP contribution in [-0.2, 0) is 74.3 Å². The van der Waals surface area contributed by atoms with E-state index in [-0.39, 0.29) is 52.1 Å². The third-order valence-corrected chi connectivity index (χ3v) is 10.8. The van der Waals surface area contributed by atoms with Gasteiger partial charge < -0.3 is 37.9 Å². The van der Waals surface area contributed by atoms with Gasteiger partial charge in [0.1, 0.15) is 36.2 Å². The molecule has 0 saturated carbocycles. The van der Waals surface area contributed by atoms with Crippen molar-refractivity contribution in [2.24, 2.45) is 0 Å². The molecule has 1 aliphatic heterocycles. The van der Waals surface area contributed by atoms with Crippen molar-refractivity contribution in [3.8, 4) is 23.0 Å². The number of rotatable bonds is 8. The van der Waals surface area contributed by atoms with Crippen LogP contribution < -0.4 is 28.4 Å². The van der Waals surface area contributed by atoms with Crippen molar-refractivity contribution >= 4 is 31.9 Å². The predicted molar refractivity (Wildman–Crippen MR) is 228 cm³/mol. The molecular weight excluding hydrogens is 845 g/mol. The number of fused-ring (bicyclic) bond motifs is 2. The van der Waals surface area contributed by atoms with Gasteiger partial charge in [-0.3, -0.25) is 19.0 Å². The molecule has 1 heterocycles. The van der Waals surface area contributed by atoms with E-state index in [1.165, 1.54) is 0 Å². The highest BCUT2D eigenvalue weighted by atomic mass is 32.2. The minimum absolute atomic E-state index is 0.189. The molecule has 2 aliphatic rings. The Balaban J connectivity index is 1.50. The summed E-state index contributed by atoms with van der Waals surface area (Å²) in [5.41, 5.74) is 5.96. The molecule has 10 bridgehead atoms. The molecule has 0 aromatic heterocycles. The van der Waals surface area contributed by atoms with Gasteiger partial charge in [-0.05, 0) is 44.5 Å². The van der Waals surface area contributed by atoms with Gasteiger partial charge in [0.15, 0.2) is 13.2 Å². The minimum atomic E-state index is -3.84. The van der Waals surface area contributed by atoms with Gasteiger partial charge in [0, 0.05) is 25.7 Å². The Morgan fingerprint density at radius 1 is 0.452 bits per heavy atom. The predicted octanol–water partition coefficient (Wildman–Crippen LogP) is 3.11. The van der Waals surface area contributed by atoms with Crippen molar-refractivity contribution in [1.82, 2.24) is 9.44 Å². The largest absolute Gasteiger partial charge is 0.491 e. The molecule has 1 aliphatic carbocycles. The van der Waals surface area contributed by atoms with Crippen molar-refractivity contribution in [1.29, 1.82) is 0 Å². The Morgan fingerprint density at radius 2 is 0.710 bits per heavy atom. The molecule has 6 rings (SSSR count). The van der Waals surface area contributed by atoms with Crippen LogP contribution in [0.1, 0.15) is 44.5 Å². The summed E-state index contributed by atoms with van der Waals surface area (Å²) < 4.78 is 100. The van der Waals surface area contributed by atoms with E-state index in [9.17, 15) is 26.4 Å². The molecule has 4 aromatic rings. The second kappa shape index (κ2) is 22.2. The number of hydrogen-bond donors (Lipinski definition) is 2. The van der Waals surface area contributed by atoms with Crippen molar-refractivity contribution in [2.45, 2.75) is 25.7 Å². The topological polar surface area (TPSA) is 200 Å². The summed E-state index contributed by atoms with van der Waals surface area (Å²) in [7, 11) is -7.68. The Kier molecular flexibility index (Phi) is 16.6. The lowest BCUT2D eigenvalue weighted by atomic mass is 9.91. The van der Waals surface area contributed by atoms with Crippen molar-refractivity contribution in [3.63, 3.8) is 0 Å². The fourth-order valence-corrected chi connectivity index (χ4v) is 8.09. The second-order valence-corrected chi connectivity index (χ2v) is 18.1. The van der Waals surface area contributed by atoms with E-state index in [2.05, 4.69) is 0 Å². The molecule has 62 heavy (non-hydrogen) atoms. The second-order valence-electron chi connectivity index (χ2n) is 14.6. The van der Waals surface area contributed by atoms with Crippen molar-refractivity contribution in [3.05, 3.63) is 117 Å². The van der Waals surface area contributed by atoms with Gasteiger partial charge in [-0.2, -0.15) is 0 Å². The van der Waals surface area contributed by atoms with Crippen molar-refractivity contribution in [2.75, 3.05) is 91.8 Å². The highest BCUT2D eigenvalue weighted by Crippen LogP contribution is 2.39. The molecule has 2 N–H and O–H groups in total. The maximum atomic E-state index is 12.8. The van der Waals surface area contributed by atoms with E-state index < -0.39 is 45.1 Å². The molecule has 18 heteroatoms. The number of ether oxygens (including phenoxy) is 8. The number of carbonyl (C=O) groups excluding carboxylic acids is 2. The third-order valence-electron chi connectivity index (χ3n) is 9.59. The van der Waals surface area contributed by atoms with Gasteiger partial charge in [0.25, 0.3) is 11.8 Å². The summed E-state index contributed by atoms with van der Waals surface area (Å²) in [6.45, 7) is 1.98. The molecule has 334 valence electrons. The van der Waals surface area contributed by atoms with Crippen LogP contribution in [0.3, 0.4) is 0 Å². The first-order valence-corrected chi connectivity index (χ1v) is 23.9. The van der Waals surface area contributed by atoms with Gasteiger partial charge >= 0.3 is 0 Å². The molecule has 0 spiro atoms. The first-order valence-electron chi connectivity index (χ1n) is 20.1.